The van der Waals surface area contributed by atoms with Crippen LogP contribution < -0.4 is 10.6 Å². The van der Waals surface area contributed by atoms with Gasteiger partial charge in [-0.2, -0.15) is 0 Å². The molecule has 2 aromatic heterocycles. The van der Waals surface area contributed by atoms with Crippen molar-refractivity contribution >= 4 is 23.8 Å². The molecule has 0 spiro atoms. The number of aromatic nitrogens is 4. The van der Waals surface area contributed by atoms with Crippen molar-refractivity contribution in [2.45, 2.75) is 118 Å². The first-order valence-corrected chi connectivity index (χ1v) is 19.9. The number of nitrogens with zero attached hydrogens (tertiary/aromatic N) is 2. The molecule has 2 amide bonds. The van der Waals surface area contributed by atoms with Crippen molar-refractivity contribution in [1.82, 2.24) is 30.6 Å². The molecule has 0 radical (unpaired) electrons. The first kappa shape index (κ1) is 40.4. The number of rotatable bonds is 11. The van der Waals surface area contributed by atoms with Crippen LogP contribution in [0.5, 0.6) is 0 Å². The first-order valence-electron chi connectivity index (χ1n) is 19.9. The van der Waals surface area contributed by atoms with E-state index in [4.69, 9.17) is 9.97 Å². The number of benzene rings is 2. The number of carbonyl (C=O) groups is 4. The molecule has 6 N–H and O–H groups in total. The van der Waals surface area contributed by atoms with Gasteiger partial charge in [0.25, 0.3) is 0 Å². The van der Waals surface area contributed by atoms with E-state index in [0.29, 0.717) is 48.7 Å². The van der Waals surface area contributed by atoms with E-state index in [1.165, 1.54) is 0 Å². The van der Waals surface area contributed by atoms with Crippen LogP contribution in [0.2, 0.25) is 0 Å². The normalized spacial score (nSPS) is 18.0. The van der Waals surface area contributed by atoms with Crippen molar-refractivity contribution in [3.63, 3.8) is 0 Å². The smallest absolute Gasteiger partial charge is 0.319 e. The first-order chi connectivity index (χ1) is 26.4. The summed E-state index contributed by atoms with van der Waals surface area (Å²) in [5.74, 6) is -1.88. The molecule has 0 aliphatic heterocycles. The van der Waals surface area contributed by atoms with Gasteiger partial charge in [-0.05, 0) is 47.6 Å². The number of hydrogen-bond acceptors (Lipinski definition) is 6. The summed E-state index contributed by atoms with van der Waals surface area (Å²) in [7, 11) is 0. The molecular formula is C44H56N6O6. The molecule has 2 saturated carbocycles. The molecule has 56 heavy (non-hydrogen) atoms. The Kier molecular flexibility index (Phi) is 11.3. The number of aromatic amines is 2. The zero-order valence-electron chi connectivity index (χ0n) is 33.4. The molecule has 4 aromatic rings. The van der Waals surface area contributed by atoms with Crippen molar-refractivity contribution < 1.29 is 29.4 Å². The average molecular weight is 765 g/mol. The third-order valence-corrected chi connectivity index (χ3v) is 11.8. The molecule has 0 unspecified atom stereocenters. The number of H-pyrrole nitrogens is 2. The summed E-state index contributed by atoms with van der Waals surface area (Å²) < 4.78 is 0. The average Bonchev–Trinajstić information content (AvgIpc) is 3.86. The van der Waals surface area contributed by atoms with Gasteiger partial charge in [0.2, 0.25) is 11.8 Å². The maximum Gasteiger partial charge on any atom is 0.319 e. The van der Waals surface area contributed by atoms with Crippen molar-refractivity contribution in [3.05, 3.63) is 72.6 Å². The van der Waals surface area contributed by atoms with Crippen LogP contribution >= 0.6 is 0 Å². The van der Waals surface area contributed by atoms with Gasteiger partial charge in [0.1, 0.15) is 22.5 Å². The predicted octanol–water partition coefficient (Wildman–Crippen LogP) is 8.61. The van der Waals surface area contributed by atoms with Gasteiger partial charge in [-0.1, -0.05) is 129 Å². The van der Waals surface area contributed by atoms with Crippen LogP contribution in [0.25, 0.3) is 33.6 Å². The van der Waals surface area contributed by atoms with Gasteiger partial charge in [-0.25, -0.2) is 9.97 Å². The lowest BCUT2D eigenvalue weighted by molar-refractivity contribution is -0.160. The Bertz CT molecular complexity index is 1890. The van der Waals surface area contributed by atoms with Crippen LogP contribution in [0.4, 0.5) is 0 Å². The van der Waals surface area contributed by atoms with E-state index in [0.717, 1.165) is 60.8 Å². The zero-order chi connectivity index (χ0) is 40.5. The van der Waals surface area contributed by atoms with Crippen LogP contribution in [-0.2, 0) is 19.2 Å². The Balaban J connectivity index is 1.15. The molecular weight excluding hydrogens is 709 g/mol. The molecule has 12 nitrogen and oxygen atoms in total. The molecule has 2 aromatic carbocycles. The topological polar surface area (TPSA) is 190 Å². The SMILES string of the molecule is CC(C)(C)[C@H](NC(=O)C1(C(=O)O)CCCCC1)c1nc(-c2ccc(-c3ccc(-c4c[nH]c([C@@H](NC(=O)C5(C(=O)O)CCCCC5)C(C)(C)C)n4)cc3)cc2)c[nH]1. The fourth-order valence-corrected chi connectivity index (χ4v) is 8.25. The monoisotopic (exact) mass is 764 g/mol. The lowest BCUT2D eigenvalue weighted by Crippen LogP contribution is -2.50. The van der Waals surface area contributed by atoms with Crippen LogP contribution in [0.15, 0.2) is 60.9 Å². The number of carbonyl (C=O) groups excluding carboxylic acids is 2. The standard InChI is InChI=1S/C44H56N6O6/c1-41(2,3)33(49-37(51)43(39(53)54)21-9-7-10-22-43)35-45-25-31(47-35)29-17-13-27(14-18-29)28-15-19-30(20-16-28)32-26-46-36(48-32)34(42(4,5)6)50-38(52)44(40(55)56)23-11-8-12-24-44/h13-20,25-26,33-34H,7-12,21-24H2,1-6H3,(H,45,47)(H,46,48)(H,49,51)(H,50,52)(H,53,54)(H,55,56)/t33-,34-/m1/s1. The molecule has 2 atom stereocenters. The van der Waals surface area contributed by atoms with E-state index in [1.54, 1.807) is 0 Å². The maximum atomic E-state index is 13.6. The Morgan fingerprint density at radius 1 is 0.554 bits per heavy atom. The van der Waals surface area contributed by atoms with Gasteiger partial charge in [0.05, 0.1) is 23.5 Å². The van der Waals surface area contributed by atoms with E-state index in [1.807, 2.05) is 102 Å². The Labute approximate surface area is 328 Å². The van der Waals surface area contributed by atoms with Crippen LogP contribution in [0.1, 0.15) is 129 Å². The van der Waals surface area contributed by atoms with E-state index in [-0.39, 0.29) is 0 Å². The lowest BCUT2D eigenvalue weighted by Gasteiger charge is -2.36. The van der Waals surface area contributed by atoms with Crippen molar-refractivity contribution in [2.24, 2.45) is 21.7 Å². The minimum absolute atomic E-state index is 0.338. The third-order valence-electron chi connectivity index (χ3n) is 11.8. The number of carboxylic acid groups (broad SMARTS) is 2. The highest BCUT2D eigenvalue weighted by molar-refractivity contribution is 6.02. The molecule has 2 heterocycles. The van der Waals surface area contributed by atoms with Gasteiger partial charge >= 0.3 is 11.9 Å². The Hall–Kier alpha value is -5.26. The fourth-order valence-electron chi connectivity index (χ4n) is 8.25. The van der Waals surface area contributed by atoms with Crippen LogP contribution in [0.3, 0.4) is 0 Å². The van der Waals surface area contributed by atoms with E-state index in [9.17, 15) is 29.4 Å². The van der Waals surface area contributed by atoms with Crippen LogP contribution in [-0.4, -0.2) is 53.9 Å². The molecule has 2 fully saturated rings. The second-order valence-electron chi connectivity index (χ2n) is 17.9. The minimum atomic E-state index is -1.41. The maximum absolute atomic E-state index is 13.6. The number of aliphatic carboxylic acids is 2. The number of amides is 2. The number of carboxylic acids is 2. The second-order valence-corrected chi connectivity index (χ2v) is 17.9. The third kappa shape index (κ3) is 8.15. The summed E-state index contributed by atoms with van der Waals surface area (Å²) in [6.07, 6.45) is 9.71. The van der Waals surface area contributed by atoms with Crippen molar-refractivity contribution in [2.75, 3.05) is 0 Å². The van der Waals surface area contributed by atoms with Crippen molar-refractivity contribution in [1.29, 1.82) is 0 Å². The highest BCUT2D eigenvalue weighted by atomic mass is 16.4. The van der Waals surface area contributed by atoms with E-state index < -0.39 is 57.5 Å². The highest BCUT2D eigenvalue weighted by Crippen LogP contribution is 2.41. The Morgan fingerprint density at radius 2 is 0.857 bits per heavy atom. The molecule has 298 valence electrons. The molecule has 12 heteroatoms. The molecule has 0 bridgehead atoms. The van der Waals surface area contributed by atoms with Crippen molar-refractivity contribution in [3.8, 4) is 33.6 Å². The van der Waals surface area contributed by atoms with Gasteiger partial charge in [0.15, 0.2) is 0 Å². The number of nitrogens with one attached hydrogen (secondary N) is 4. The highest BCUT2D eigenvalue weighted by Gasteiger charge is 2.49. The summed E-state index contributed by atoms with van der Waals surface area (Å²) >= 11 is 0. The van der Waals surface area contributed by atoms with Gasteiger partial charge in [0, 0.05) is 23.5 Å². The summed E-state index contributed by atoms with van der Waals surface area (Å²) in [6.45, 7) is 12.0. The summed E-state index contributed by atoms with van der Waals surface area (Å²) in [5.41, 5.74) is 1.54. The fraction of sp³-hybridized carbons (Fsp3) is 0.500. The van der Waals surface area contributed by atoms with Crippen LogP contribution in [0, 0.1) is 21.7 Å². The number of hydrogen-bond donors (Lipinski definition) is 6. The zero-order valence-corrected chi connectivity index (χ0v) is 33.4. The van der Waals surface area contributed by atoms with E-state index in [2.05, 4.69) is 20.6 Å². The Morgan fingerprint density at radius 3 is 1.14 bits per heavy atom. The van der Waals surface area contributed by atoms with E-state index >= 15 is 0 Å². The lowest BCUT2D eigenvalue weighted by atomic mass is 9.72. The largest absolute Gasteiger partial charge is 0.480 e. The van der Waals surface area contributed by atoms with Gasteiger partial charge in [-0.3, -0.25) is 19.2 Å². The molecule has 6 rings (SSSR count). The van der Waals surface area contributed by atoms with Gasteiger partial charge < -0.3 is 30.8 Å². The quantitative estimate of drug-likeness (QED) is 0.0818. The molecule has 2 aliphatic rings. The predicted molar refractivity (Wildman–Crippen MR) is 214 cm³/mol. The summed E-state index contributed by atoms with van der Waals surface area (Å²) in [5, 5.41) is 26.3. The second kappa shape index (κ2) is 15.7. The minimum Gasteiger partial charge on any atom is -0.480 e. The molecule has 0 saturated heterocycles. The number of imidazole rings is 2. The molecule has 2 aliphatic carbocycles. The van der Waals surface area contributed by atoms with Gasteiger partial charge in [-0.15, -0.1) is 0 Å². The summed E-state index contributed by atoms with van der Waals surface area (Å²) in [6, 6.07) is 15.1. The summed E-state index contributed by atoms with van der Waals surface area (Å²) in [4.78, 5) is 68.0.